The van der Waals surface area contributed by atoms with E-state index in [1.54, 1.807) is 0 Å². The molecule has 14 heteroatoms. The van der Waals surface area contributed by atoms with Crippen LogP contribution in [0.15, 0.2) is 42.6 Å². The second-order valence-electron chi connectivity index (χ2n) is 6.92. The molecule has 6 N–H and O–H groups in total. The maximum Gasteiger partial charge on any atom is 0.430 e. The van der Waals surface area contributed by atoms with Crippen molar-refractivity contribution in [3.05, 3.63) is 48.2 Å². The van der Waals surface area contributed by atoms with E-state index in [-0.39, 0.29) is 0 Å². The minimum absolute atomic E-state index is 0.292. The number of anilines is 2. The van der Waals surface area contributed by atoms with Gasteiger partial charge in [-0.25, -0.2) is 4.98 Å². The van der Waals surface area contributed by atoms with E-state index in [2.05, 4.69) is 34.2 Å². The van der Waals surface area contributed by atoms with E-state index in [0.29, 0.717) is 5.75 Å². The number of aromatic nitrogens is 1. The predicted octanol–water partition coefficient (Wildman–Crippen LogP) is 0.465. The Kier molecular flexibility index (Phi) is 8.12. The molecule has 0 bridgehead atoms. The lowest BCUT2D eigenvalue weighted by atomic mass is 9.92. The van der Waals surface area contributed by atoms with Crippen LogP contribution in [0.3, 0.4) is 0 Å². The van der Waals surface area contributed by atoms with Gasteiger partial charge in [0.2, 0.25) is 0 Å². The maximum absolute atomic E-state index is 10.5. The van der Waals surface area contributed by atoms with Crippen LogP contribution in [0.1, 0.15) is 5.56 Å². The van der Waals surface area contributed by atoms with E-state index in [9.17, 15) is 31.4 Å². The highest BCUT2D eigenvalue weighted by Crippen LogP contribution is 2.45. The molecule has 0 fully saturated rings. The first-order chi connectivity index (χ1) is 16.2. The lowest BCUT2D eigenvalue weighted by molar-refractivity contribution is -0.366. The van der Waals surface area contributed by atoms with E-state index in [4.69, 9.17) is 19.8 Å². The van der Waals surface area contributed by atoms with Gasteiger partial charge in [-0.05, 0) is 17.7 Å². The van der Waals surface area contributed by atoms with Crippen molar-refractivity contribution in [2.75, 3.05) is 11.9 Å². The standard InChI is InChI=1S/C17H15N3O.2C2HF3O2/c18-7-5-10-9-14(21)17-15-12(6-8-19-17)11-3-1-2-4-13(11)20-16(10)15;2*3-2(4,5)1(6)7/h1-4,6,8-9,20-21H,5,7,18H2;2*(H,6,7). The number of hydrogen-bond donors (Lipinski definition) is 3. The average Bonchev–Trinajstić information content (AvgIpc) is 2.76. The summed E-state index contributed by atoms with van der Waals surface area (Å²) in [6.45, 7) is 0.799. The normalized spacial score (nSPS) is 11.7. The lowest BCUT2D eigenvalue weighted by Gasteiger charge is -2.22. The zero-order valence-electron chi connectivity index (χ0n) is 17.5. The molecule has 3 aromatic rings. The van der Waals surface area contributed by atoms with Crippen LogP contribution in [0.5, 0.6) is 5.75 Å². The highest BCUT2D eigenvalue weighted by Gasteiger charge is 2.29. The molecule has 1 aliphatic rings. The topological polar surface area (TPSA) is 154 Å². The monoisotopic (exact) mass is 505 g/mol. The third-order valence-corrected chi connectivity index (χ3v) is 4.52. The number of H-pyrrole nitrogens is 1. The summed E-state index contributed by atoms with van der Waals surface area (Å²) < 4.78 is 63.1. The summed E-state index contributed by atoms with van der Waals surface area (Å²) in [7, 11) is 0. The smallest absolute Gasteiger partial charge is 0.430 e. The molecule has 0 spiro atoms. The van der Waals surface area contributed by atoms with Crippen LogP contribution in [0.4, 0.5) is 37.7 Å². The van der Waals surface area contributed by atoms with Gasteiger partial charge in [-0.2, -0.15) is 26.3 Å². The molecule has 0 amide bonds. The van der Waals surface area contributed by atoms with E-state index in [1.165, 1.54) is 0 Å². The Labute approximate surface area is 192 Å². The summed E-state index contributed by atoms with van der Waals surface area (Å²) in [6, 6.07) is 12.2. The second kappa shape index (κ2) is 10.5. The number of aromatic amines is 1. The number of fused-ring (bicyclic) bond motifs is 2. The van der Waals surface area contributed by atoms with Gasteiger partial charge in [0.1, 0.15) is 11.9 Å². The maximum atomic E-state index is 10.5. The van der Waals surface area contributed by atoms with Gasteiger partial charge in [0.05, 0.1) is 17.6 Å². The Balaban J connectivity index is 0.000000257. The third kappa shape index (κ3) is 6.50. The molecular formula is C21H17F6N3O5. The molecule has 0 aliphatic carbocycles. The number of alkyl halides is 6. The van der Waals surface area contributed by atoms with Crippen molar-refractivity contribution in [2.24, 2.45) is 0 Å². The van der Waals surface area contributed by atoms with Crippen molar-refractivity contribution < 1.29 is 62.0 Å². The SMILES string of the molecule is O=C([O-])C(F)(F)F.O=C([O-])C(F)(F)F.[NH3+]CCc1cc(O)c2[nH+]ccc3c2c1Nc1ccccc1-3. The van der Waals surface area contributed by atoms with Crippen LogP contribution in [0.25, 0.3) is 22.0 Å². The number of hydrogen-bond acceptors (Lipinski definition) is 6. The number of rotatable bonds is 2. The van der Waals surface area contributed by atoms with Crippen LogP contribution < -0.4 is 26.2 Å². The summed E-state index contributed by atoms with van der Waals surface area (Å²) in [5.74, 6) is -5.72. The predicted molar refractivity (Wildman–Crippen MR) is 104 cm³/mol. The molecule has 1 aliphatic heterocycles. The van der Waals surface area contributed by atoms with E-state index < -0.39 is 24.3 Å². The van der Waals surface area contributed by atoms with Crippen molar-refractivity contribution >= 4 is 34.2 Å². The Hall–Kier alpha value is -4.07. The number of benzene rings is 2. The van der Waals surface area contributed by atoms with Crippen LogP contribution in [0, 0.1) is 0 Å². The second-order valence-corrected chi connectivity index (χ2v) is 6.92. The first-order valence-corrected chi connectivity index (χ1v) is 9.59. The summed E-state index contributed by atoms with van der Waals surface area (Å²) in [4.78, 5) is 20.7. The first kappa shape index (κ1) is 27.2. The van der Waals surface area contributed by atoms with E-state index >= 15 is 0 Å². The molecule has 1 aromatic heterocycles. The number of phenolic OH excluding ortho intramolecular Hbond substituents is 1. The molecule has 0 atom stereocenters. The highest BCUT2D eigenvalue weighted by atomic mass is 19.4. The number of carbonyl (C=O) groups excluding carboxylic acids is 2. The number of phenols is 1. The number of quaternary nitrogens is 1. The Morgan fingerprint density at radius 1 is 0.971 bits per heavy atom. The number of aliphatic carboxylic acids is 2. The van der Waals surface area contributed by atoms with Gasteiger partial charge in [-0.3, -0.25) is 0 Å². The third-order valence-electron chi connectivity index (χ3n) is 4.52. The highest BCUT2D eigenvalue weighted by molar-refractivity contribution is 6.11. The number of para-hydroxylation sites is 1. The van der Waals surface area contributed by atoms with Crippen molar-refractivity contribution in [1.82, 2.24) is 0 Å². The van der Waals surface area contributed by atoms with Crippen molar-refractivity contribution in [1.29, 1.82) is 0 Å². The van der Waals surface area contributed by atoms with Gasteiger partial charge in [0.15, 0.2) is 11.9 Å². The number of carbonyl (C=O) groups is 2. The van der Waals surface area contributed by atoms with Crippen LogP contribution in [-0.2, 0) is 16.0 Å². The molecule has 0 unspecified atom stereocenters. The minimum Gasteiger partial charge on any atom is -0.542 e. The summed E-state index contributed by atoms with van der Waals surface area (Å²) in [6.07, 6.45) is -7.67. The fourth-order valence-corrected chi connectivity index (χ4v) is 3.15. The molecule has 0 saturated carbocycles. The van der Waals surface area contributed by atoms with Crippen molar-refractivity contribution in [2.45, 2.75) is 18.8 Å². The molecule has 188 valence electrons. The summed E-state index contributed by atoms with van der Waals surface area (Å²) in [5, 5.41) is 32.5. The summed E-state index contributed by atoms with van der Waals surface area (Å²) >= 11 is 0. The zero-order chi connectivity index (χ0) is 26.6. The number of halogens is 6. The van der Waals surface area contributed by atoms with Crippen LogP contribution >= 0.6 is 0 Å². The lowest BCUT2D eigenvalue weighted by Crippen LogP contribution is -2.51. The molecular weight excluding hydrogens is 488 g/mol. The number of carboxylic acid groups (broad SMARTS) is 2. The van der Waals surface area contributed by atoms with E-state index in [0.717, 1.165) is 51.9 Å². The first-order valence-electron chi connectivity index (χ1n) is 9.59. The van der Waals surface area contributed by atoms with Crippen LogP contribution in [0.2, 0.25) is 0 Å². The van der Waals surface area contributed by atoms with Gasteiger partial charge in [-0.15, -0.1) is 0 Å². The molecule has 2 aromatic carbocycles. The number of nitrogens with one attached hydrogen (secondary N) is 2. The largest absolute Gasteiger partial charge is 0.542 e. The molecule has 0 saturated heterocycles. The van der Waals surface area contributed by atoms with Crippen molar-refractivity contribution in [3.63, 3.8) is 0 Å². The number of pyridine rings is 1. The molecule has 0 radical (unpaired) electrons. The fraction of sp³-hybridized carbons (Fsp3) is 0.190. The molecule has 4 rings (SSSR count). The van der Waals surface area contributed by atoms with Gasteiger partial charge in [-0.1, -0.05) is 18.2 Å². The molecule has 8 nitrogen and oxygen atoms in total. The number of carboxylic acids is 2. The number of aromatic hydroxyl groups is 1. The average molecular weight is 505 g/mol. The Bertz CT molecular complexity index is 1220. The quantitative estimate of drug-likeness (QED) is 0.266. The zero-order valence-corrected chi connectivity index (χ0v) is 17.5. The van der Waals surface area contributed by atoms with Gasteiger partial charge >= 0.3 is 12.4 Å². The van der Waals surface area contributed by atoms with Gasteiger partial charge in [0.25, 0.3) is 5.52 Å². The molecule has 2 heterocycles. The van der Waals surface area contributed by atoms with E-state index in [1.807, 2.05) is 24.4 Å². The Morgan fingerprint density at radius 2 is 1.51 bits per heavy atom. The van der Waals surface area contributed by atoms with Crippen molar-refractivity contribution in [3.8, 4) is 16.9 Å². The fourth-order valence-electron chi connectivity index (χ4n) is 3.15. The van der Waals surface area contributed by atoms with Gasteiger partial charge in [0, 0.05) is 29.3 Å². The van der Waals surface area contributed by atoms with Gasteiger partial charge < -0.3 is 36.0 Å². The Morgan fingerprint density at radius 3 is 2.03 bits per heavy atom. The van der Waals surface area contributed by atoms with Crippen LogP contribution in [-0.4, -0.2) is 35.9 Å². The summed E-state index contributed by atoms with van der Waals surface area (Å²) in [5.41, 5.74) is 10.3. The minimum atomic E-state index is -5.19. The molecule has 35 heavy (non-hydrogen) atoms.